The van der Waals surface area contributed by atoms with Gasteiger partial charge in [0.2, 0.25) is 0 Å². The summed E-state index contributed by atoms with van der Waals surface area (Å²) in [5.41, 5.74) is 3.75. The molecule has 0 saturated carbocycles. The average molecular weight is 458 g/mol. The second kappa shape index (κ2) is 9.07. The molecule has 2 bridgehead atoms. The predicted octanol–water partition coefficient (Wildman–Crippen LogP) is 3.05. The number of guanidine groups is 1. The lowest BCUT2D eigenvalue weighted by Gasteiger charge is -2.23. The zero-order valence-corrected chi connectivity index (χ0v) is 18.0. The number of hydrogen-bond donors (Lipinski definition) is 2. The van der Waals surface area contributed by atoms with E-state index in [-0.39, 0.29) is 24.0 Å². The Balaban J connectivity index is 0.00000225. The molecule has 2 fully saturated rings. The molecule has 25 heavy (non-hydrogen) atoms. The highest BCUT2D eigenvalue weighted by Crippen LogP contribution is 2.34. The Morgan fingerprint density at radius 2 is 2.12 bits per heavy atom. The molecule has 3 unspecified atom stereocenters. The third-order valence-electron chi connectivity index (χ3n) is 4.90. The van der Waals surface area contributed by atoms with Crippen LogP contribution in [0.25, 0.3) is 0 Å². The Morgan fingerprint density at radius 3 is 2.72 bits per heavy atom. The second-order valence-corrected chi connectivity index (χ2v) is 7.08. The number of benzene rings is 1. The van der Waals surface area contributed by atoms with Crippen LogP contribution in [0.5, 0.6) is 0 Å². The molecule has 6 heteroatoms. The molecule has 140 valence electrons. The minimum absolute atomic E-state index is 0. The monoisotopic (exact) mass is 458 g/mol. The van der Waals surface area contributed by atoms with E-state index < -0.39 is 0 Å². The van der Waals surface area contributed by atoms with Crippen LogP contribution in [0.2, 0.25) is 0 Å². The molecule has 2 aliphatic rings. The summed E-state index contributed by atoms with van der Waals surface area (Å²) < 4.78 is 5.94. The molecular formula is C19H31IN4O. The first-order valence-corrected chi connectivity index (χ1v) is 9.04. The molecule has 0 amide bonds. The van der Waals surface area contributed by atoms with Gasteiger partial charge >= 0.3 is 0 Å². The van der Waals surface area contributed by atoms with Crippen LogP contribution < -0.4 is 15.5 Å². The summed E-state index contributed by atoms with van der Waals surface area (Å²) in [5, 5.41) is 6.95. The van der Waals surface area contributed by atoms with E-state index in [0.29, 0.717) is 24.8 Å². The number of fused-ring (bicyclic) bond motifs is 2. The topological polar surface area (TPSA) is 48.9 Å². The summed E-state index contributed by atoms with van der Waals surface area (Å²) in [5.74, 6) is 0.893. The molecule has 3 atom stereocenters. The highest BCUT2D eigenvalue weighted by atomic mass is 127. The lowest BCUT2D eigenvalue weighted by molar-refractivity contribution is 0.0992. The fraction of sp³-hybridized carbons (Fsp3) is 0.632. The Morgan fingerprint density at radius 1 is 1.32 bits per heavy atom. The molecule has 1 aromatic rings. The van der Waals surface area contributed by atoms with Gasteiger partial charge in [-0.25, -0.2) is 4.99 Å². The third-order valence-corrected chi connectivity index (χ3v) is 4.90. The van der Waals surface area contributed by atoms with Crippen molar-refractivity contribution in [2.45, 2.75) is 57.9 Å². The van der Waals surface area contributed by atoms with Gasteiger partial charge in [-0.3, -0.25) is 0 Å². The van der Waals surface area contributed by atoms with Crippen LogP contribution in [0.3, 0.4) is 0 Å². The van der Waals surface area contributed by atoms with Crippen LogP contribution in [0.1, 0.15) is 37.3 Å². The molecular weight excluding hydrogens is 427 g/mol. The van der Waals surface area contributed by atoms with E-state index in [9.17, 15) is 0 Å². The Bertz CT molecular complexity index is 605. The number of hydrogen-bond acceptors (Lipinski definition) is 3. The molecule has 0 aliphatic carbocycles. The number of nitrogens with zero attached hydrogens (tertiary/aromatic N) is 2. The van der Waals surface area contributed by atoms with Crippen molar-refractivity contribution in [3.8, 4) is 0 Å². The van der Waals surface area contributed by atoms with Crippen LogP contribution >= 0.6 is 24.0 Å². The largest absolute Gasteiger partial charge is 0.377 e. The maximum Gasteiger partial charge on any atom is 0.191 e. The van der Waals surface area contributed by atoms with Gasteiger partial charge in [0.15, 0.2) is 5.96 Å². The van der Waals surface area contributed by atoms with Crippen molar-refractivity contribution in [2.24, 2.45) is 4.99 Å². The number of halogens is 1. The molecule has 0 aromatic heterocycles. The quantitative estimate of drug-likeness (QED) is 0.405. The SMILES string of the molecule is CCNC(=NCc1ccc(C)cc1N(C)C)NC1CC2CCC1O2.I. The molecule has 2 aliphatic heterocycles. The van der Waals surface area contributed by atoms with E-state index in [4.69, 9.17) is 9.73 Å². The second-order valence-electron chi connectivity index (χ2n) is 7.08. The number of rotatable bonds is 5. The average Bonchev–Trinajstić information content (AvgIpc) is 3.16. The van der Waals surface area contributed by atoms with Crippen LogP contribution in [-0.4, -0.2) is 44.8 Å². The number of aliphatic imine (C=N–C) groups is 1. The summed E-state index contributed by atoms with van der Waals surface area (Å²) >= 11 is 0. The van der Waals surface area contributed by atoms with E-state index in [1.807, 2.05) is 0 Å². The molecule has 1 aromatic carbocycles. The van der Waals surface area contributed by atoms with Crippen molar-refractivity contribution in [3.63, 3.8) is 0 Å². The van der Waals surface area contributed by atoms with E-state index in [2.05, 4.69) is 61.7 Å². The van der Waals surface area contributed by atoms with Gasteiger partial charge in [0.1, 0.15) is 0 Å². The third kappa shape index (κ3) is 5.00. The van der Waals surface area contributed by atoms with Crippen LogP contribution in [0, 0.1) is 6.92 Å². The van der Waals surface area contributed by atoms with Crippen molar-refractivity contribution in [2.75, 3.05) is 25.5 Å². The minimum Gasteiger partial charge on any atom is -0.377 e. The highest BCUT2D eigenvalue weighted by Gasteiger charge is 2.41. The summed E-state index contributed by atoms with van der Waals surface area (Å²) in [6.45, 7) is 5.76. The fourth-order valence-corrected chi connectivity index (χ4v) is 3.67. The van der Waals surface area contributed by atoms with Gasteiger partial charge in [-0.1, -0.05) is 12.1 Å². The summed E-state index contributed by atoms with van der Waals surface area (Å²) in [7, 11) is 4.16. The van der Waals surface area contributed by atoms with Crippen LogP contribution in [0.4, 0.5) is 5.69 Å². The van der Waals surface area contributed by atoms with Crippen molar-refractivity contribution in [1.29, 1.82) is 0 Å². The normalized spacial score (nSPS) is 24.8. The van der Waals surface area contributed by atoms with Crippen molar-refractivity contribution < 1.29 is 4.74 Å². The van der Waals surface area contributed by atoms with Crippen molar-refractivity contribution in [1.82, 2.24) is 10.6 Å². The molecule has 5 nitrogen and oxygen atoms in total. The van der Waals surface area contributed by atoms with Gasteiger partial charge in [-0.05, 0) is 50.3 Å². The molecule has 2 heterocycles. The zero-order chi connectivity index (χ0) is 17.1. The lowest BCUT2D eigenvalue weighted by atomic mass is 9.96. The van der Waals surface area contributed by atoms with Crippen LogP contribution in [0.15, 0.2) is 23.2 Å². The Labute approximate surface area is 168 Å². The van der Waals surface area contributed by atoms with Gasteiger partial charge < -0.3 is 20.3 Å². The summed E-state index contributed by atoms with van der Waals surface area (Å²) in [6, 6.07) is 6.95. The molecule has 2 saturated heterocycles. The summed E-state index contributed by atoms with van der Waals surface area (Å²) in [4.78, 5) is 6.97. The first kappa shape index (κ1) is 20.3. The van der Waals surface area contributed by atoms with E-state index in [0.717, 1.165) is 18.9 Å². The Hall–Kier alpha value is -1.02. The smallest absolute Gasteiger partial charge is 0.191 e. The standard InChI is InChI=1S/C19H30N4O.HI/c1-5-20-19(22-16-11-15-8-9-18(16)24-15)21-12-14-7-6-13(2)10-17(14)23(3)4;/h6-7,10,15-16,18H,5,8-9,11-12H2,1-4H3,(H2,20,21,22);1H. The number of aryl methyl sites for hydroxylation is 1. The highest BCUT2D eigenvalue weighted by molar-refractivity contribution is 14.0. The summed E-state index contributed by atoms with van der Waals surface area (Å²) in [6.07, 6.45) is 4.29. The van der Waals surface area contributed by atoms with Gasteiger partial charge in [0.25, 0.3) is 0 Å². The zero-order valence-electron chi connectivity index (χ0n) is 15.7. The van der Waals surface area contributed by atoms with E-state index in [1.54, 1.807) is 0 Å². The van der Waals surface area contributed by atoms with Gasteiger partial charge in [-0.2, -0.15) is 0 Å². The van der Waals surface area contributed by atoms with Crippen molar-refractivity contribution >= 4 is 35.6 Å². The van der Waals surface area contributed by atoms with Crippen molar-refractivity contribution in [3.05, 3.63) is 29.3 Å². The van der Waals surface area contributed by atoms with E-state index in [1.165, 1.54) is 29.7 Å². The maximum absolute atomic E-state index is 5.94. The molecule has 0 radical (unpaired) electrons. The molecule has 2 N–H and O–H groups in total. The predicted molar refractivity (Wildman–Crippen MR) is 115 cm³/mol. The lowest BCUT2D eigenvalue weighted by Crippen LogP contribution is -2.47. The first-order valence-electron chi connectivity index (χ1n) is 9.04. The number of nitrogens with one attached hydrogen (secondary N) is 2. The molecule has 0 spiro atoms. The number of anilines is 1. The minimum atomic E-state index is 0. The maximum atomic E-state index is 5.94. The van der Waals surface area contributed by atoms with Gasteiger partial charge in [-0.15, -0.1) is 24.0 Å². The van der Waals surface area contributed by atoms with E-state index >= 15 is 0 Å². The van der Waals surface area contributed by atoms with Crippen LogP contribution in [-0.2, 0) is 11.3 Å². The van der Waals surface area contributed by atoms with Gasteiger partial charge in [0.05, 0.1) is 24.8 Å². The fourth-order valence-electron chi connectivity index (χ4n) is 3.67. The van der Waals surface area contributed by atoms with Gasteiger partial charge in [0, 0.05) is 26.3 Å². The Kier molecular flexibility index (Phi) is 7.37. The number of ether oxygens (including phenoxy) is 1. The molecule has 3 rings (SSSR count). The first-order chi connectivity index (χ1) is 11.6.